The molecule has 0 spiro atoms. The van der Waals surface area contributed by atoms with Crippen molar-refractivity contribution < 1.29 is 27.8 Å². The van der Waals surface area contributed by atoms with Crippen molar-refractivity contribution in [1.82, 2.24) is 4.57 Å². The number of hydrogen-bond acceptors (Lipinski definition) is 5. The standard InChI is InChI=1S/C27H25F3N2O3S/c1-3-35-25(33)26(34,27(28,29)30)22-17-32(16-19-8-5-4-6-9-19)24-21(22)10-7-11-23(24)31-36-20-14-12-18(2)13-15-20/h4-15,17,31,34H,3,16H2,1-2H3. The molecule has 36 heavy (non-hydrogen) atoms. The Morgan fingerprint density at radius 1 is 1.03 bits per heavy atom. The SMILES string of the molecule is CCOC(=O)C(O)(c1cn(Cc2ccccc2)c2c(NSc3ccc(C)cc3)cccc12)C(F)(F)F. The highest BCUT2D eigenvalue weighted by molar-refractivity contribution is 8.00. The summed E-state index contributed by atoms with van der Waals surface area (Å²) in [5.41, 5.74) is -1.51. The summed E-state index contributed by atoms with van der Waals surface area (Å²) in [5.74, 6) is -1.76. The van der Waals surface area contributed by atoms with Crippen LogP contribution in [0.2, 0.25) is 0 Å². The molecule has 0 saturated carbocycles. The van der Waals surface area contributed by atoms with Gasteiger partial charge in [-0.15, -0.1) is 0 Å². The second-order valence-electron chi connectivity index (χ2n) is 8.30. The molecule has 0 radical (unpaired) electrons. The Bertz CT molecular complexity index is 1350. The molecule has 1 aromatic heterocycles. The fraction of sp³-hybridized carbons (Fsp3) is 0.222. The van der Waals surface area contributed by atoms with E-state index >= 15 is 0 Å². The van der Waals surface area contributed by atoms with Gasteiger partial charge in [0.2, 0.25) is 0 Å². The number of para-hydroxylation sites is 1. The summed E-state index contributed by atoms with van der Waals surface area (Å²) in [6, 6.07) is 21.8. The molecule has 0 amide bonds. The lowest BCUT2D eigenvalue weighted by atomic mass is 9.92. The number of fused-ring (bicyclic) bond motifs is 1. The fourth-order valence-electron chi connectivity index (χ4n) is 3.97. The molecule has 4 rings (SSSR count). The molecule has 1 unspecified atom stereocenters. The number of halogens is 3. The van der Waals surface area contributed by atoms with Crippen molar-refractivity contribution in [2.45, 2.75) is 37.1 Å². The third kappa shape index (κ3) is 4.94. The second-order valence-corrected chi connectivity index (χ2v) is 9.18. The number of hydrogen-bond donors (Lipinski definition) is 2. The molecule has 1 atom stereocenters. The van der Waals surface area contributed by atoms with Gasteiger partial charge in [-0.2, -0.15) is 13.2 Å². The van der Waals surface area contributed by atoms with E-state index in [9.17, 15) is 23.1 Å². The van der Waals surface area contributed by atoms with Crippen LogP contribution in [-0.4, -0.2) is 28.4 Å². The van der Waals surface area contributed by atoms with Crippen LogP contribution in [-0.2, 0) is 21.7 Å². The zero-order valence-electron chi connectivity index (χ0n) is 19.7. The molecule has 4 aromatic rings. The van der Waals surface area contributed by atoms with E-state index < -0.39 is 23.3 Å². The number of aryl methyl sites for hydroxylation is 1. The first kappa shape index (κ1) is 25.7. The maximum absolute atomic E-state index is 14.3. The normalized spacial score (nSPS) is 13.4. The number of carbonyl (C=O) groups excluding carboxylic acids is 1. The lowest BCUT2D eigenvalue weighted by molar-refractivity contribution is -0.267. The second kappa shape index (κ2) is 10.3. The van der Waals surface area contributed by atoms with Gasteiger partial charge in [-0.05, 0) is 49.6 Å². The molecule has 0 bridgehead atoms. The smallest absolute Gasteiger partial charge is 0.432 e. The topological polar surface area (TPSA) is 63.5 Å². The fourth-order valence-corrected chi connectivity index (χ4v) is 4.63. The first-order valence-electron chi connectivity index (χ1n) is 11.3. The van der Waals surface area contributed by atoms with Gasteiger partial charge in [-0.25, -0.2) is 4.79 Å². The lowest BCUT2D eigenvalue weighted by Crippen LogP contribution is -2.50. The zero-order chi connectivity index (χ0) is 25.9. The number of aliphatic hydroxyl groups is 1. The maximum atomic E-state index is 14.3. The summed E-state index contributed by atoms with van der Waals surface area (Å²) in [6.07, 6.45) is -4.12. The van der Waals surface area contributed by atoms with E-state index in [2.05, 4.69) is 9.46 Å². The van der Waals surface area contributed by atoms with Gasteiger partial charge in [0.25, 0.3) is 5.60 Å². The molecule has 0 aliphatic heterocycles. The quantitative estimate of drug-likeness (QED) is 0.210. The van der Waals surface area contributed by atoms with Crippen LogP contribution >= 0.6 is 11.9 Å². The van der Waals surface area contributed by atoms with Gasteiger partial charge in [0, 0.05) is 28.6 Å². The summed E-state index contributed by atoms with van der Waals surface area (Å²) < 4.78 is 52.3. The average Bonchev–Trinajstić information content (AvgIpc) is 3.22. The number of ether oxygens (including phenoxy) is 1. The molecular formula is C27H25F3N2O3S. The Hall–Kier alpha value is -3.43. The Kier molecular flexibility index (Phi) is 7.33. The van der Waals surface area contributed by atoms with E-state index in [0.29, 0.717) is 11.2 Å². The first-order chi connectivity index (χ1) is 17.1. The minimum atomic E-state index is -5.30. The van der Waals surface area contributed by atoms with Crippen LogP contribution < -0.4 is 4.72 Å². The molecule has 9 heteroatoms. The van der Waals surface area contributed by atoms with Gasteiger partial charge in [0.1, 0.15) is 0 Å². The Balaban J connectivity index is 1.87. The van der Waals surface area contributed by atoms with Crippen LogP contribution in [0.3, 0.4) is 0 Å². The van der Waals surface area contributed by atoms with Gasteiger partial charge >= 0.3 is 12.1 Å². The summed E-state index contributed by atoms with van der Waals surface area (Å²) in [4.78, 5) is 13.4. The number of esters is 1. The lowest BCUT2D eigenvalue weighted by Gasteiger charge is -2.27. The molecule has 0 aliphatic carbocycles. The van der Waals surface area contributed by atoms with E-state index in [1.54, 1.807) is 16.7 Å². The number of alkyl halides is 3. The highest BCUT2D eigenvalue weighted by atomic mass is 32.2. The van der Waals surface area contributed by atoms with Crippen molar-refractivity contribution in [3.63, 3.8) is 0 Å². The molecule has 5 nitrogen and oxygen atoms in total. The Labute approximate surface area is 211 Å². The van der Waals surface area contributed by atoms with Crippen LogP contribution in [0.4, 0.5) is 18.9 Å². The van der Waals surface area contributed by atoms with E-state index in [-0.39, 0.29) is 18.5 Å². The van der Waals surface area contributed by atoms with Crippen molar-refractivity contribution in [2.75, 3.05) is 11.3 Å². The Morgan fingerprint density at radius 2 is 1.72 bits per heavy atom. The molecule has 0 fully saturated rings. The van der Waals surface area contributed by atoms with Crippen molar-refractivity contribution in [2.24, 2.45) is 0 Å². The third-order valence-electron chi connectivity index (χ3n) is 5.76. The van der Waals surface area contributed by atoms with E-state index in [1.165, 1.54) is 31.1 Å². The highest BCUT2D eigenvalue weighted by Gasteiger charge is 2.63. The van der Waals surface area contributed by atoms with Gasteiger partial charge < -0.3 is 19.1 Å². The van der Waals surface area contributed by atoms with Crippen LogP contribution in [0.5, 0.6) is 0 Å². The summed E-state index contributed by atoms with van der Waals surface area (Å²) in [6.45, 7) is 3.28. The molecular weight excluding hydrogens is 489 g/mol. The summed E-state index contributed by atoms with van der Waals surface area (Å²) >= 11 is 1.31. The molecule has 188 valence electrons. The number of aromatic nitrogens is 1. The number of rotatable bonds is 8. The Morgan fingerprint density at radius 3 is 2.36 bits per heavy atom. The third-order valence-corrected chi connectivity index (χ3v) is 6.59. The van der Waals surface area contributed by atoms with E-state index in [1.807, 2.05) is 61.5 Å². The van der Waals surface area contributed by atoms with Crippen molar-refractivity contribution in [3.8, 4) is 0 Å². The average molecular weight is 515 g/mol. The van der Waals surface area contributed by atoms with E-state index in [4.69, 9.17) is 0 Å². The summed E-state index contributed by atoms with van der Waals surface area (Å²) in [5, 5.41) is 11.0. The molecule has 0 aliphatic rings. The van der Waals surface area contributed by atoms with Gasteiger partial charge in [-0.1, -0.05) is 60.2 Å². The first-order valence-corrected chi connectivity index (χ1v) is 12.1. The maximum Gasteiger partial charge on any atom is 0.432 e. The summed E-state index contributed by atoms with van der Waals surface area (Å²) in [7, 11) is 0. The minimum absolute atomic E-state index is 0.0910. The monoisotopic (exact) mass is 514 g/mol. The van der Waals surface area contributed by atoms with Gasteiger partial charge in [0.15, 0.2) is 0 Å². The molecule has 1 heterocycles. The zero-order valence-corrected chi connectivity index (χ0v) is 20.5. The number of nitrogens with one attached hydrogen (secondary N) is 1. The van der Waals surface area contributed by atoms with Crippen LogP contribution in [0, 0.1) is 6.92 Å². The van der Waals surface area contributed by atoms with E-state index in [0.717, 1.165) is 16.0 Å². The number of benzene rings is 3. The largest absolute Gasteiger partial charge is 0.463 e. The van der Waals surface area contributed by atoms with Crippen LogP contribution in [0.25, 0.3) is 10.9 Å². The molecule has 2 N–H and O–H groups in total. The molecule has 3 aromatic carbocycles. The van der Waals surface area contributed by atoms with Crippen LogP contribution in [0.15, 0.2) is 83.9 Å². The van der Waals surface area contributed by atoms with Crippen LogP contribution in [0.1, 0.15) is 23.6 Å². The predicted molar refractivity (Wildman–Crippen MR) is 135 cm³/mol. The van der Waals surface area contributed by atoms with Gasteiger partial charge in [-0.3, -0.25) is 0 Å². The number of anilines is 1. The minimum Gasteiger partial charge on any atom is -0.463 e. The van der Waals surface area contributed by atoms with Crippen molar-refractivity contribution >= 4 is 34.5 Å². The predicted octanol–water partition coefficient (Wildman–Crippen LogP) is 6.43. The molecule has 0 saturated heterocycles. The van der Waals surface area contributed by atoms with Crippen molar-refractivity contribution in [3.05, 3.63) is 95.7 Å². The number of nitrogens with zero attached hydrogens (tertiary/aromatic N) is 1. The van der Waals surface area contributed by atoms with Gasteiger partial charge in [0.05, 0.1) is 17.8 Å². The highest BCUT2D eigenvalue weighted by Crippen LogP contribution is 2.45. The van der Waals surface area contributed by atoms with Crippen molar-refractivity contribution in [1.29, 1.82) is 0 Å². The number of carbonyl (C=O) groups is 1.